The van der Waals surface area contributed by atoms with Crippen LogP contribution in [0.2, 0.25) is 0 Å². The first-order chi connectivity index (χ1) is 11.5. The Morgan fingerprint density at radius 1 is 1.08 bits per heavy atom. The number of carbonyl (C=O) groups excluding carboxylic acids is 1. The Morgan fingerprint density at radius 3 is 2.38 bits per heavy atom. The van der Waals surface area contributed by atoms with E-state index in [1.54, 1.807) is 24.3 Å². The molecule has 6 heteroatoms. The molecule has 0 heterocycles. The minimum atomic E-state index is -0.257. The molecule has 2 aromatic rings. The molecule has 0 saturated heterocycles. The Morgan fingerprint density at radius 2 is 1.75 bits per heavy atom. The molecule has 1 N–H and O–H groups in total. The Hall–Kier alpha value is -1.66. The molecule has 0 spiro atoms. The molecule has 4 nitrogen and oxygen atoms in total. The summed E-state index contributed by atoms with van der Waals surface area (Å²) >= 11 is 6.88. The molecule has 2 rings (SSSR count). The highest BCUT2D eigenvalue weighted by molar-refractivity contribution is 9.13. The van der Waals surface area contributed by atoms with Crippen molar-refractivity contribution in [3.05, 3.63) is 62.5 Å². The highest BCUT2D eigenvalue weighted by atomic mass is 79.9. The van der Waals surface area contributed by atoms with Gasteiger partial charge in [-0.1, -0.05) is 13.0 Å². The fourth-order valence-electron chi connectivity index (χ4n) is 1.91. The van der Waals surface area contributed by atoms with Gasteiger partial charge in [0.25, 0.3) is 5.91 Å². The molecule has 1 amide bonds. The van der Waals surface area contributed by atoms with Crippen molar-refractivity contribution in [3.8, 4) is 5.75 Å². The summed E-state index contributed by atoms with van der Waals surface area (Å²) in [6, 6.07) is 12.8. The van der Waals surface area contributed by atoms with Crippen LogP contribution in [-0.2, 0) is 0 Å². The summed E-state index contributed by atoms with van der Waals surface area (Å²) in [7, 11) is 0. The highest BCUT2D eigenvalue weighted by Gasteiger charge is 2.06. The number of amides is 1. The van der Waals surface area contributed by atoms with Crippen molar-refractivity contribution in [1.82, 2.24) is 5.43 Å². The third kappa shape index (κ3) is 5.18. The minimum absolute atomic E-state index is 0.257. The molecule has 0 atom stereocenters. The summed E-state index contributed by atoms with van der Waals surface area (Å²) in [6.45, 7) is 4.56. The second kappa shape index (κ2) is 8.99. The van der Waals surface area contributed by atoms with Gasteiger partial charge in [0.05, 0.1) is 12.3 Å². The maximum atomic E-state index is 12.2. The Kier molecular flexibility index (Phi) is 6.99. The van der Waals surface area contributed by atoms with Gasteiger partial charge < -0.3 is 4.74 Å². The number of benzene rings is 2. The van der Waals surface area contributed by atoms with E-state index in [-0.39, 0.29) is 5.91 Å². The molecule has 2 aromatic carbocycles. The van der Waals surface area contributed by atoms with Crippen LogP contribution in [0, 0.1) is 0 Å². The largest absolute Gasteiger partial charge is 0.494 e. The first kappa shape index (κ1) is 18.7. The standard InChI is InChI=1S/C18H18Br2N2O2/c1-3-10-24-15-7-4-13(5-8-15)18(23)22-21-12(2)14-6-9-16(19)17(20)11-14/h4-9,11H,3,10H2,1-2H3,(H,22,23)/b21-12+. The molecule has 0 unspecified atom stereocenters. The van der Waals surface area contributed by atoms with Crippen LogP contribution in [0.25, 0.3) is 0 Å². The van der Waals surface area contributed by atoms with Crippen molar-refractivity contribution >= 4 is 43.5 Å². The average molecular weight is 454 g/mol. The topological polar surface area (TPSA) is 50.7 Å². The minimum Gasteiger partial charge on any atom is -0.494 e. The van der Waals surface area contributed by atoms with Gasteiger partial charge in [-0.15, -0.1) is 0 Å². The number of carbonyl (C=O) groups is 1. The van der Waals surface area contributed by atoms with Crippen LogP contribution in [0.4, 0.5) is 0 Å². The van der Waals surface area contributed by atoms with Gasteiger partial charge in [-0.05, 0) is 87.2 Å². The first-order valence-corrected chi connectivity index (χ1v) is 9.12. The van der Waals surface area contributed by atoms with Gasteiger partial charge in [0, 0.05) is 14.5 Å². The van der Waals surface area contributed by atoms with E-state index in [0.717, 1.165) is 32.4 Å². The monoisotopic (exact) mass is 452 g/mol. The van der Waals surface area contributed by atoms with Crippen LogP contribution in [0.1, 0.15) is 36.2 Å². The molecular formula is C18H18Br2N2O2. The van der Waals surface area contributed by atoms with Gasteiger partial charge in [0.2, 0.25) is 0 Å². The lowest BCUT2D eigenvalue weighted by molar-refractivity contribution is 0.0955. The fourth-order valence-corrected chi connectivity index (χ4v) is 2.53. The van der Waals surface area contributed by atoms with Crippen LogP contribution in [0.3, 0.4) is 0 Å². The number of hydrazone groups is 1. The van der Waals surface area contributed by atoms with Crippen LogP contribution in [-0.4, -0.2) is 18.2 Å². The Bertz CT molecular complexity index is 743. The molecule has 0 saturated carbocycles. The lowest BCUT2D eigenvalue weighted by atomic mass is 10.1. The number of halogens is 2. The smallest absolute Gasteiger partial charge is 0.271 e. The molecule has 0 fully saturated rings. The van der Waals surface area contributed by atoms with E-state index in [0.29, 0.717) is 12.2 Å². The molecule has 0 aliphatic rings. The van der Waals surface area contributed by atoms with Crippen LogP contribution >= 0.6 is 31.9 Å². The summed E-state index contributed by atoms with van der Waals surface area (Å²) < 4.78 is 7.40. The number of nitrogens with zero attached hydrogens (tertiary/aromatic N) is 1. The summed E-state index contributed by atoms with van der Waals surface area (Å²) in [5, 5.41) is 4.16. The van der Waals surface area contributed by atoms with Crippen molar-refractivity contribution in [1.29, 1.82) is 0 Å². The predicted molar refractivity (Wildman–Crippen MR) is 104 cm³/mol. The molecular weight excluding hydrogens is 436 g/mol. The van der Waals surface area contributed by atoms with Gasteiger partial charge in [-0.3, -0.25) is 4.79 Å². The number of ether oxygens (including phenoxy) is 1. The Labute approximate surface area is 158 Å². The van der Waals surface area contributed by atoms with Crippen molar-refractivity contribution in [2.24, 2.45) is 5.10 Å². The van der Waals surface area contributed by atoms with Crippen molar-refractivity contribution in [2.75, 3.05) is 6.61 Å². The zero-order valence-corrected chi connectivity index (χ0v) is 16.6. The predicted octanol–water partition coefficient (Wildman–Crippen LogP) is 5.15. The molecule has 0 aliphatic carbocycles. The summed E-state index contributed by atoms with van der Waals surface area (Å²) in [5.74, 6) is 0.500. The molecule has 0 radical (unpaired) electrons. The third-order valence-electron chi connectivity index (χ3n) is 3.25. The maximum Gasteiger partial charge on any atom is 0.271 e. The van der Waals surface area contributed by atoms with Crippen LogP contribution in [0.5, 0.6) is 5.75 Å². The summed E-state index contributed by atoms with van der Waals surface area (Å²) in [4.78, 5) is 12.2. The lowest BCUT2D eigenvalue weighted by Crippen LogP contribution is -2.19. The summed E-state index contributed by atoms with van der Waals surface area (Å²) in [5.41, 5.74) is 4.76. The molecule has 0 bridgehead atoms. The first-order valence-electron chi connectivity index (χ1n) is 7.54. The van der Waals surface area contributed by atoms with Crippen molar-refractivity contribution in [3.63, 3.8) is 0 Å². The third-order valence-corrected chi connectivity index (χ3v) is 5.13. The average Bonchev–Trinajstić information content (AvgIpc) is 2.60. The van der Waals surface area contributed by atoms with Crippen LogP contribution in [0.15, 0.2) is 56.5 Å². The quantitative estimate of drug-likeness (QED) is 0.485. The van der Waals surface area contributed by atoms with Gasteiger partial charge in [0.15, 0.2) is 0 Å². The second-order valence-electron chi connectivity index (χ2n) is 5.14. The van der Waals surface area contributed by atoms with Crippen molar-refractivity contribution < 1.29 is 9.53 Å². The van der Waals surface area contributed by atoms with E-state index in [1.165, 1.54) is 0 Å². The van der Waals surface area contributed by atoms with E-state index < -0.39 is 0 Å². The highest BCUT2D eigenvalue weighted by Crippen LogP contribution is 2.24. The number of nitrogens with one attached hydrogen (secondary N) is 1. The van der Waals surface area contributed by atoms with Gasteiger partial charge in [-0.25, -0.2) is 5.43 Å². The molecule has 0 aliphatic heterocycles. The van der Waals surface area contributed by atoms with Crippen molar-refractivity contribution in [2.45, 2.75) is 20.3 Å². The van der Waals surface area contributed by atoms with Gasteiger partial charge in [0.1, 0.15) is 5.75 Å². The van der Waals surface area contributed by atoms with E-state index >= 15 is 0 Å². The Balaban J connectivity index is 2.01. The van der Waals surface area contributed by atoms with E-state index in [4.69, 9.17) is 4.74 Å². The zero-order chi connectivity index (χ0) is 17.5. The normalized spacial score (nSPS) is 11.2. The van der Waals surface area contributed by atoms with E-state index in [9.17, 15) is 4.79 Å². The summed E-state index contributed by atoms with van der Waals surface area (Å²) in [6.07, 6.45) is 0.947. The second-order valence-corrected chi connectivity index (χ2v) is 6.85. The molecule has 24 heavy (non-hydrogen) atoms. The fraction of sp³-hybridized carbons (Fsp3) is 0.222. The number of rotatable bonds is 6. The zero-order valence-electron chi connectivity index (χ0n) is 13.5. The molecule has 0 aromatic heterocycles. The number of hydrogen-bond donors (Lipinski definition) is 1. The van der Waals surface area contributed by atoms with E-state index in [2.05, 4.69) is 42.4 Å². The lowest BCUT2D eigenvalue weighted by Gasteiger charge is -2.06. The maximum absolute atomic E-state index is 12.2. The number of hydrogen-bond acceptors (Lipinski definition) is 3. The van der Waals surface area contributed by atoms with Crippen LogP contribution < -0.4 is 10.2 Å². The van der Waals surface area contributed by atoms with Gasteiger partial charge in [-0.2, -0.15) is 5.10 Å². The van der Waals surface area contributed by atoms with Gasteiger partial charge >= 0.3 is 0 Å². The molecule has 126 valence electrons. The SMILES string of the molecule is CCCOc1ccc(C(=O)N/N=C(\C)c2ccc(Br)c(Br)c2)cc1. The van der Waals surface area contributed by atoms with E-state index in [1.807, 2.05) is 32.0 Å².